The van der Waals surface area contributed by atoms with Gasteiger partial charge >= 0.3 is 0 Å². The van der Waals surface area contributed by atoms with Crippen LogP contribution in [0.15, 0.2) is 6.20 Å². The molecule has 122 valence electrons. The van der Waals surface area contributed by atoms with Crippen LogP contribution < -0.4 is 10.6 Å². The Labute approximate surface area is 130 Å². The third-order valence-electron chi connectivity index (χ3n) is 4.45. The lowest BCUT2D eigenvalue weighted by Gasteiger charge is -2.23. The zero-order valence-corrected chi connectivity index (χ0v) is 13.0. The first-order chi connectivity index (χ1) is 10.8. The summed E-state index contributed by atoms with van der Waals surface area (Å²) < 4.78 is 7.06. The fourth-order valence-electron chi connectivity index (χ4n) is 3.07. The highest BCUT2D eigenvalue weighted by Gasteiger charge is 2.19. The maximum absolute atomic E-state index is 12.2. The number of carbonyl (C=O) groups is 1. The largest absolute Gasteiger partial charge is 0.381 e. The lowest BCUT2D eigenvalue weighted by atomic mass is 10.0. The molecule has 0 spiro atoms. The van der Waals surface area contributed by atoms with E-state index in [1.54, 1.807) is 10.9 Å². The number of rotatable bonds is 5. The highest BCUT2D eigenvalue weighted by molar-refractivity contribution is 5.92. The van der Waals surface area contributed by atoms with E-state index in [9.17, 15) is 4.79 Å². The van der Waals surface area contributed by atoms with Crippen LogP contribution in [0.1, 0.15) is 49.0 Å². The number of aromatic nitrogens is 3. The van der Waals surface area contributed by atoms with Crippen LogP contribution in [0.3, 0.4) is 0 Å². The summed E-state index contributed by atoms with van der Waals surface area (Å²) in [5, 5.41) is 14.6. The van der Waals surface area contributed by atoms with Crippen molar-refractivity contribution >= 4 is 5.91 Å². The summed E-state index contributed by atoms with van der Waals surface area (Å²) in [5.74, 6) is -0.131. The molecule has 2 fully saturated rings. The summed E-state index contributed by atoms with van der Waals surface area (Å²) in [6.07, 6.45) is 8.32. The first-order valence-corrected chi connectivity index (χ1v) is 8.33. The van der Waals surface area contributed by atoms with Crippen LogP contribution in [-0.2, 0) is 11.3 Å². The third kappa shape index (κ3) is 4.27. The minimum atomic E-state index is -0.131. The van der Waals surface area contributed by atoms with Gasteiger partial charge in [0.25, 0.3) is 5.91 Å². The molecular formula is C15H25N5O2. The summed E-state index contributed by atoms with van der Waals surface area (Å²) in [7, 11) is 0. The van der Waals surface area contributed by atoms with Crippen molar-refractivity contribution in [3.05, 3.63) is 11.9 Å². The fraction of sp³-hybridized carbons (Fsp3) is 0.800. The molecule has 1 aromatic rings. The van der Waals surface area contributed by atoms with Crippen LogP contribution in [0.4, 0.5) is 0 Å². The van der Waals surface area contributed by atoms with Crippen LogP contribution in [0.2, 0.25) is 0 Å². The summed E-state index contributed by atoms with van der Waals surface area (Å²) in [6, 6.07) is 0.760. The van der Waals surface area contributed by atoms with Gasteiger partial charge in [-0.15, -0.1) is 5.10 Å². The Kier molecular flexibility index (Phi) is 5.39. The molecule has 2 N–H and O–H groups in total. The van der Waals surface area contributed by atoms with E-state index in [4.69, 9.17) is 4.74 Å². The van der Waals surface area contributed by atoms with Crippen molar-refractivity contribution in [1.82, 2.24) is 25.6 Å². The van der Waals surface area contributed by atoms with Gasteiger partial charge in [-0.05, 0) is 38.6 Å². The van der Waals surface area contributed by atoms with Gasteiger partial charge in [-0.1, -0.05) is 11.6 Å². The first-order valence-electron chi connectivity index (χ1n) is 8.33. The maximum atomic E-state index is 12.2. The molecule has 2 aliphatic rings. The molecule has 7 heteroatoms. The Hall–Kier alpha value is -1.47. The van der Waals surface area contributed by atoms with Crippen LogP contribution in [0.5, 0.6) is 0 Å². The summed E-state index contributed by atoms with van der Waals surface area (Å²) >= 11 is 0. The smallest absolute Gasteiger partial charge is 0.273 e. The molecule has 3 heterocycles. The highest BCUT2D eigenvalue weighted by atomic mass is 16.5. The average molecular weight is 307 g/mol. The topological polar surface area (TPSA) is 81.1 Å². The van der Waals surface area contributed by atoms with Gasteiger partial charge in [-0.2, -0.15) is 0 Å². The van der Waals surface area contributed by atoms with E-state index >= 15 is 0 Å². The number of nitrogens with zero attached hydrogens (tertiary/aromatic N) is 3. The number of piperidine rings is 1. The molecule has 1 aromatic heterocycles. The summed E-state index contributed by atoms with van der Waals surface area (Å²) in [4.78, 5) is 12.2. The lowest BCUT2D eigenvalue weighted by molar-refractivity contribution is 0.0694. The van der Waals surface area contributed by atoms with Crippen molar-refractivity contribution in [1.29, 1.82) is 0 Å². The van der Waals surface area contributed by atoms with Gasteiger partial charge in [0.15, 0.2) is 5.69 Å². The second-order valence-corrected chi connectivity index (χ2v) is 6.16. The van der Waals surface area contributed by atoms with Gasteiger partial charge in [-0.25, -0.2) is 0 Å². The van der Waals surface area contributed by atoms with Gasteiger partial charge in [0, 0.05) is 31.8 Å². The molecule has 2 saturated heterocycles. The van der Waals surface area contributed by atoms with E-state index in [1.165, 1.54) is 19.3 Å². The number of carbonyl (C=O) groups excluding carboxylic acids is 1. The van der Waals surface area contributed by atoms with Gasteiger partial charge < -0.3 is 15.4 Å². The first kappa shape index (κ1) is 15.4. The Morgan fingerprint density at radius 1 is 1.36 bits per heavy atom. The van der Waals surface area contributed by atoms with Crippen LogP contribution >= 0.6 is 0 Å². The van der Waals surface area contributed by atoms with E-state index in [2.05, 4.69) is 20.9 Å². The van der Waals surface area contributed by atoms with Crippen LogP contribution in [-0.4, -0.2) is 52.7 Å². The minimum absolute atomic E-state index is 0.131. The summed E-state index contributed by atoms with van der Waals surface area (Å²) in [6.45, 7) is 3.34. The quantitative estimate of drug-likeness (QED) is 0.838. The Morgan fingerprint density at radius 3 is 3.00 bits per heavy atom. The molecule has 1 atom stereocenters. The predicted molar refractivity (Wildman–Crippen MR) is 81.6 cm³/mol. The normalized spacial score (nSPS) is 23.4. The van der Waals surface area contributed by atoms with E-state index in [-0.39, 0.29) is 11.9 Å². The Bertz CT molecular complexity index is 478. The van der Waals surface area contributed by atoms with Crippen LogP contribution in [0.25, 0.3) is 0 Å². The lowest BCUT2D eigenvalue weighted by Crippen LogP contribution is -2.39. The number of amides is 1. The molecule has 0 aliphatic carbocycles. The van der Waals surface area contributed by atoms with Gasteiger partial charge in [0.1, 0.15) is 0 Å². The SMILES string of the molecule is O=C(NC1CCOCC1)c1cn(CCC2CCCCN2)nn1. The Balaban J connectivity index is 1.46. The number of hydrogen-bond donors (Lipinski definition) is 2. The van der Waals surface area contributed by atoms with E-state index < -0.39 is 0 Å². The fourth-order valence-corrected chi connectivity index (χ4v) is 3.07. The second-order valence-electron chi connectivity index (χ2n) is 6.16. The second kappa shape index (κ2) is 7.69. The molecule has 0 aromatic carbocycles. The molecule has 22 heavy (non-hydrogen) atoms. The van der Waals surface area contributed by atoms with E-state index in [0.29, 0.717) is 24.9 Å². The number of hydrogen-bond acceptors (Lipinski definition) is 5. The van der Waals surface area contributed by atoms with Crippen molar-refractivity contribution in [3.63, 3.8) is 0 Å². The van der Waals surface area contributed by atoms with E-state index in [1.807, 2.05) is 0 Å². The standard InChI is InChI=1S/C15H25N5O2/c21-15(17-13-5-9-22-10-6-13)14-11-20(19-18-14)8-4-12-3-1-2-7-16-12/h11-13,16H,1-10H2,(H,17,21). The van der Waals surface area contributed by atoms with Crippen molar-refractivity contribution in [3.8, 4) is 0 Å². The molecular weight excluding hydrogens is 282 g/mol. The van der Waals surface area contributed by atoms with Crippen molar-refractivity contribution in [2.75, 3.05) is 19.8 Å². The molecule has 1 unspecified atom stereocenters. The molecule has 2 aliphatic heterocycles. The maximum Gasteiger partial charge on any atom is 0.273 e. The van der Waals surface area contributed by atoms with Crippen molar-refractivity contribution in [2.24, 2.45) is 0 Å². The predicted octanol–water partition coefficient (Wildman–Crippen LogP) is 0.719. The monoisotopic (exact) mass is 307 g/mol. The summed E-state index contributed by atoms with van der Waals surface area (Å²) in [5.41, 5.74) is 0.406. The molecule has 3 rings (SSSR count). The molecule has 0 radical (unpaired) electrons. The number of aryl methyl sites for hydroxylation is 1. The molecule has 1 amide bonds. The van der Waals surface area contributed by atoms with Gasteiger partial charge in [-0.3, -0.25) is 9.48 Å². The van der Waals surface area contributed by atoms with Gasteiger partial charge in [0.2, 0.25) is 0 Å². The van der Waals surface area contributed by atoms with Crippen LogP contribution in [0, 0.1) is 0 Å². The number of nitrogens with one attached hydrogen (secondary N) is 2. The highest BCUT2D eigenvalue weighted by Crippen LogP contribution is 2.11. The van der Waals surface area contributed by atoms with Gasteiger partial charge in [0.05, 0.1) is 6.20 Å². The van der Waals surface area contributed by atoms with Crippen molar-refractivity contribution in [2.45, 2.75) is 57.2 Å². The Morgan fingerprint density at radius 2 is 2.23 bits per heavy atom. The third-order valence-corrected chi connectivity index (χ3v) is 4.45. The zero-order valence-electron chi connectivity index (χ0n) is 13.0. The zero-order chi connectivity index (χ0) is 15.2. The minimum Gasteiger partial charge on any atom is -0.381 e. The molecule has 0 bridgehead atoms. The number of ether oxygens (including phenoxy) is 1. The van der Waals surface area contributed by atoms with Crippen molar-refractivity contribution < 1.29 is 9.53 Å². The molecule has 0 saturated carbocycles. The average Bonchev–Trinajstić information content (AvgIpc) is 3.04. The molecule has 7 nitrogen and oxygen atoms in total. The van der Waals surface area contributed by atoms with E-state index in [0.717, 1.165) is 32.4 Å².